The van der Waals surface area contributed by atoms with Gasteiger partial charge in [-0.3, -0.25) is 4.57 Å². The number of para-hydroxylation sites is 3. The molecule has 0 unspecified atom stereocenters. The van der Waals surface area contributed by atoms with E-state index in [9.17, 15) is 0 Å². The van der Waals surface area contributed by atoms with Gasteiger partial charge < -0.3 is 8.98 Å². The summed E-state index contributed by atoms with van der Waals surface area (Å²) in [5.41, 5.74) is 4.84. The molecule has 6 nitrogen and oxygen atoms in total. The van der Waals surface area contributed by atoms with E-state index in [-0.39, 0.29) is 28.7 Å². The first kappa shape index (κ1) is 19.8. The molecule has 0 bridgehead atoms. The molecule has 7 aromatic carbocycles. The predicted molar refractivity (Wildman–Crippen MR) is 207 cm³/mol. The summed E-state index contributed by atoms with van der Waals surface area (Å²) < 4.78 is 95.5. The van der Waals surface area contributed by atoms with Crippen molar-refractivity contribution in [1.29, 1.82) is 0 Å². The van der Waals surface area contributed by atoms with E-state index in [0.29, 0.717) is 11.0 Å². The van der Waals surface area contributed by atoms with E-state index in [0.717, 1.165) is 60.2 Å². The highest BCUT2D eigenvalue weighted by molar-refractivity contribution is 6.19. The average Bonchev–Trinajstić information content (AvgIpc) is 3.92. The minimum atomic E-state index is -0.615. The Hall–Kier alpha value is -7.05. The third-order valence-electron chi connectivity index (χ3n) is 9.36. The molecule has 0 atom stereocenters. The van der Waals surface area contributed by atoms with Crippen LogP contribution in [0, 0.1) is 0 Å². The molecule has 0 aliphatic rings. The van der Waals surface area contributed by atoms with E-state index in [1.54, 1.807) is 4.57 Å². The Bertz CT molecular complexity index is 3600. The second kappa shape index (κ2) is 10.7. The molecule has 238 valence electrons. The average molecular weight is 664 g/mol. The number of fused-ring (bicyclic) bond motifs is 9. The number of rotatable bonds is 4. The van der Waals surface area contributed by atoms with Crippen LogP contribution in [0.3, 0.4) is 0 Å². The van der Waals surface area contributed by atoms with Crippen molar-refractivity contribution in [2.75, 3.05) is 0 Å². The van der Waals surface area contributed by atoms with Crippen LogP contribution in [-0.4, -0.2) is 24.1 Å². The molecule has 4 heterocycles. The molecule has 0 radical (unpaired) electrons. The summed E-state index contributed by atoms with van der Waals surface area (Å²) in [6.07, 6.45) is 0. The third kappa shape index (κ3) is 4.20. The zero-order chi connectivity index (χ0) is 42.2. The van der Waals surface area contributed by atoms with E-state index < -0.39 is 60.4 Å². The Labute approximate surface area is 305 Å². The van der Waals surface area contributed by atoms with Gasteiger partial charge in [0.05, 0.1) is 35.8 Å². The quantitative estimate of drug-likeness (QED) is 0.188. The molecule has 0 N–H and O–H groups in total. The molecule has 11 rings (SSSR count). The van der Waals surface area contributed by atoms with Crippen molar-refractivity contribution in [3.63, 3.8) is 0 Å². The summed E-state index contributed by atoms with van der Waals surface area (Å²) >= 11 is 0. The zero-order valence-corrected chi connectivity index (χ0v) is 26.5. The van der Waals surface area contributed by atoms with Crippen LogP contribution in [0.25, 0.3) is 100.0 Å². The van der Waals surface area contributed by atoms with Crippen LogP contribution >= 0.6 is 0 Å². The van der Waals surface area contributed by atoms with Gasteiger partial charge in [0, 0.05) is 49.1 Å². The summed E-state index contributed by atoms with van der Waals surface area (Å²) in [4.78, 5) is 14.1. The van der Waals surface area contributed by atoms with Crippen LogP contribution in [0.1, 0.15) is 13.7 Å². The van der Waals surface area contributed by atoms with E-state index in [1.807, 2.05) is 78.9 Å². The van der Waals surface area contributed by atoms with Crippen molar-refractivity contribution in [1.82, 2.24) is 24.1 Å². The molecule has 0 saturated heterocycles. The molecule has 0 aliphatic heterocycles. The first-order chi connectivity index (χ1) is 29.4. The zero-order valence-electron chi connectivity index (χ0n) is 36.5. The Morgan fingerprint density at radius 1 is 0.431 bits per heavy atom. The summed E-state index contributed by atoms with van der Waals surface area (Å²) in [5.74, 6) is -0.755. The van der Waals surface area contributed by atoms with Crippen molar-refractivity contribution in [3.8, 4) is 34.4 Å². The first-order valence-electron chi connectivity index (χ1n) is 21.2. The first-order valence-corrected chi connectivity index (χ1v) is 16.2. The summed E-state index contributed by atoms with van der Waals surface area (Å²) in [6.45, 7) is 0. The van der Waals surface area contributed by atoms with Crippen molar-refractivity contribution in [2.45, 2.75) is 0 Å². The highest BCUT2D eigenvalue weighted by atomic mass is 16.3. The molecule has 51 heavy (non-hydrogen) atoms. The minimum absolute atomic E-state index is 0.0712. The Morgan fingerprint density at radius 3 is 1.65 bits per heavy atom. The monoisotopic (exact) mass is 663 g/mol. The van der Waals surface area contributed by atoms with Gasteiger partial charge in [-0.25, -0.2) is 4.98 Å². The molecule has 6 heteroatoms. The number of nitrogens with zero attached hydrogens (tertiary/aromatic N) is 5. The van der Waals surface area contributed by atoms with Crippen LogP contribution in [0.4, 0.5) is 0 Å². The van der Waals surface area contributed by atoms with Crippen LogP contribution < -0.4 is 0 Å². The molecule has 0 spiro atoms. The van der Waals surface area contributed by atoms with Gasteiger partial charge in [-0.1, -0.05) is 115 Å². The minimum Gasteiger partial charge on any atom is -0.456 e. The van der Waals surface area contributed by atoms with E-state index in [2.05, 4.69) is 33.8 Å². The van der Waals surface area contributed by atoms with Crippen molar-refractivity contribution < 1.29 is 18.1 Å². The lowest BCUT2D eigenvalue weighted by molar-refractivity contribution is 0.669. The van der Waals surface area contributed by atoms with Gasteiger partial charge in [0.1, 0.15) is 11.2 Å². The fourth-order valence-electron chi connectivity index (χ4n) is 7.19. The van der Waals surface area contributed by atoms with Gasteiger partial charge in [0.2, 0.25) is 5.95 Å². The van der Waals surface area contributed by atoms with Gasteiger partial charge in [0.15, 0.2) is 11.6 Å². The summed E-state index contributed by atoms with van der Waals surface area (Å²) in [7, 11) is 0. The fourth-order valence-corrected chi connectivity index (χ4v) is 7.19. The summed E-state index contributed by atoms with van der Waals surface area (Å²) in [6, 6.07) is 27.9. The number of furan rings is 1. The van der Waals surface area contributed by atoms with Gasteiger partial charge in [-0.05, 0) is 48.5 Å². The van der Waals surface area contributed by atoms with E-state index in [4.69, 9.17) is 28.1 Å². The highest BCUT2D eigenvalue weighted by Gasteiger charge is 2.21. The standard InChI is InChI=1S/C45H27N5O/c1-3-13-28(14-4-1)43-46-44(29-15-5-2-6-16-29)48-45(47-43)50-38-21-11-8-18-32(38)35-26-34-31-17-7-10-20-37(31)49(39(34)27-40(35)50)30-23-24-42-36(25-30)33-19-9-12-22-41(33)51-42/h1-27H/i1D,2D,3D,4D,5D,6D,13D,14D,15D,16D. The SMILES string of the molecule is [2H]c1c([2H])c([2H])c(-c2nc(-c3c([2H])c([2H])c([2H])c([2H])c3[2H])nc(-n3c4ccccc4c4cc5c6ccccc6n(-c6ccc7oc8ccccc8c7c6)c5cc43)n2)c([2H])c1[2H]. The Balaban J connectivity index is 1.26. The molecule has 0 fully saturated rings. The molecule has 4 aromatic heterocycles. The number of hydrogen-bond acceptors (Lipinski definition) is 4. The fraction of sp³-hybridized carbons (Fsp3) is 0. The molecule has 0 saturated carbocycles. The maximum absolute atomic E-state index is 8.82. The van der Waals surface area contributed by atoms with E-state index in [1.165, 1.54) is 0 Å². The maximum Gasteiger partial charge on any atom is 0.238 e. The third-order valence-corrected chi connectivity index (χ3v) is 9.36. The summed E-state index contributed by atoms with van der Waals surface area (Å²) in [5, 5.41) is 5.59. The molecular weight excluding hydrogens is 627 g/mol. The van der Waals surface area contributed by atoms with Crippen molar-refractivity contribution in [3.05, 3.63) is 164 Å². The smallest absolute Gasteiger partial charge is 0.238 e. The van der Waals surface area contributed by atoms with E-state index >= 15 is 0 Å². The Morgan fingerprint density at radius 2 is 0.980 bits per heavy atom. The normalized spacial score (nSPS) is 14.7. The van der Waals surface area contributed by atoms with Crippen LogP contribution in [0.15, 0.2) is 168 Å². The van der Waals surface area contributed by atoms with Crippen LogP contribution in [-0.2, 0) is 0 Å². The molecule has 11 aromatic rings. The highest BCUT2D eigenvalue weighted by Crippen LogP contribution is 2.40. The number of hydrogen-bond donors (Lipinski definition) is 0. The topological polar surface area (TPSA) is 61.7 Å². The lowest BCUT2D eigenvalue weighted by Gasteiger charge is -2.11. The lowest BCUT2D eigenvalue weighted by Crippen LogP contribution is -2.06. The van der Waals surface area contributed by atoms with Gasteiger partial charge >= 0.3 is 0 Å². The largest absolute Gasteiger partial charge is 0.456 e. The van der Waals surface area contributed by atoms with Gasteiger partial charge in [0.25, 0.3) is 0 Å². The number of aromatic nitrogens is 5. The molecule has 0 amide bonds. The molecular formula is C45H27N5O. The maximum atomic E-state index is 8.82. The second-order valence-electron chi connectivity index (χ2n) is 12.2. The van der Waals surface area contributed by atoms with Gasteiger partial charge in [-0.15, -0.1) is 0 Å². The second-order valence-corrected chi connectivity index (χ2v) is 12.2. The predicted octanol–water partition coefficient (Wildman–Crippen LogP) is 11.3. The molecule has 0 aliphatic carbocycles. The van der Waals surface area contributed by atoms with Crippen molar-refractivity contribution in [2.24, 2.45) is 0 Å². The van der Waals surface area contributed by atoms with Crippen LogP contribution in [0.5, 0.6) is 0 Å². The lowest BCUT2D eigenvalue weighted by atomic mass is 10.1. The van der Waals surface area contributed by atoms with Crippen LogP contribution in [0.2, 0.25) is 0 Å². The Kier molecular flexibility index (Phi) is 4.17. The van der Waals surface area contributed by atoms with Crippen molar-refractivity contribution >= 4 is 65.6 Å². The van der Waals surface area contributed by atoms with Gasteiger partial charge in [-0.2, -0.15) is 9.97 Å². The number of benzene rings is 7.